The van der Waals surface area contributed by atoms with Gasteiger partial charge in [0.25, 0.3) is 15.1 Å². The van der Waals surface area contributed by atoms with Crippen LogP contribution in [0.25, 0.3) is 16.3 Å². The second kappa shape index (κ2) is 12.2. The Morgan fingerprint density at radius 2 is 1.72 bits per heavy atom. The molecule has 1 N–H and O–H groups in total. The summed E-state index contributed by atoms with van der Waals surface area (Å²) >= 11 is 15.4. The fraction of sp³-hybridized carbons (Fsp3) is 0.286. The van der Waals surface area contributed by atoms with Crippen LogP contribution in [-0.2, 0) is 26.8 Å². The molecule has 0 aliphatic carbocycles. The van der Waals surface area contributed by atoms with E-state index in [0.717, 1.165) is 30.8 Å². The van der Waals surface area contributed by atoms with E-state index in [1.807, 2.05) is 27.7 Å². The molecule has 1 aliphatic rings. The van der Waals surface area contributed by atoms with Crippen molar-refractivity contribution in [3.63, 3.8) is 0 Å². The Morgan fingerprint density at radius 1 is 1.03 bits per heavy atom. The largest absolute Gasteiger partial charge is 1.00 e. The summed E-state index contributed by atoms with van der Waals surface area (Å²) in [6.07, 6.45) is 2.29. The van der Waals surface area contributed by atoms with Gasteiger partial charge in [-0.05, 0) is 36.8 Å². The van der Waals surface area contributed by atoms with Gasteiger partial charge in [-0.2, -0.15) is 13.0 Å². The summed E-state index contributed by atoms with van der Waals surface area (Å²) in [5, 5.41) is 2.70. The van der Waals surface area contributed by atoms with Crippen molar-refractivity contribution >= 4 is 88.5 Å². The van der Waals surface area contributed by atoms with Gasteiger partial charge < -0.3 is 9.45 Å². The minimum atomic E-state index is -4.34. The number of rotatable bonds is 9. The van der Waals surface area contributed by atoms with Crippen molar-refractivity contribution in [2.24, 2.45) is 0 Å². The van der Waals surface area contributed by atoms with Gasteiger partial charge in [0.1, 0.15) is 4.70 Å². The molecule has 3 aromatic rings. The van der Waals surface area contributed by atoms with Gasteiger partial charge in [0.2, 0.25) is 5.52 Å². The number of halogens is 2. The van der Waals surface area contributed by atoms with Crippen molar-refractivity contribution < 1.29 is 60.1 Å². The number of aryl methyl sites for hydroxylation is 1. The number of hydrogen-bond donors (Lipinski definition) is 1. The number of thioether (sulfide) groups is 1. The summed E-state index contributed by atoms with van der Waals surface area (Å²) in [5.74, 6) is -0.850. The van der Waals surface area contributed by atoms with E-state index in [1.54, 1.807) is 24.3 Å². The van der Waals surface area contributed by atoms with Gasteiger partial charge in [-0.15, -0.1) is 0 Å². The van der Waals surface area contributed by atoms with Crippen LogP contribution >= 0.6 is 46.3 Å². The van der Waals surface area contributed by atoms with Gasteiger partial charge in [0.15, 0.2) is 6.54 Å². The SMILES string of the molecule is O=S(=O)([O-])CCC[n+]1c(C=C2Sc3ccc(Cl)cc3N2CCCS(=O)(=O)O)sc2ccc(Cl)cc21.[Na+]. The zero-order valence-electron chi connectivity index (χ0n) is 19.1. The molecule has 2 heterocycles. The number of hydrogen-bond acceptors (Lipinski definition) is 8. The average Bonchev–Trinajstić information content (AvgIpc) is 3.24. The van der Waals surface area contributed by atoms with E-state index in [0.29, 0.717) is 23.1 Å². The zero-order valence-corrected chi connectivity index (χ0v) is 25.8. The van der Waals surface area contributed by atoms with Gasteiger partial charge in [-0.25, -0.2) is 8.42 Å². The number of aromatic nitrogens is 1. The smallest absolute Gasteiger partial charge is 0.748 e. The molecule has 36 heavy (non-hydrogen) atoms. The number of anilines is 1. The monoisotopic (exact) mass is 617 g/mol. The number of fused-ring (bicyclic) bond motifs is 2. The van der Waals surface area contributed by atoms with Crippen molar-refractivity contribution in [3.8, 4) is 0 Å². The average molecular weight is 619 g/mol. The first kappa shape index (κ1) is 30.2. The Balaban J connectivity index is 0.00000361. The molecule has 2 aromatic carbocycles. The van der Waals surface area contributed by atoms with E-state index < -0.39 is 26.0 Å². The van der Waals surface area contributed by atoms with Crippen molar-refractivity contribution in [1.29, 1.82) is 0 Å². The Hall–Kier alpha value is -0.380. The third kappa shape index (κ3) is 7.82. The molecule has 0 unspecified atom stereocenters. The molecular formula is C21H20Cl2N2NaO6S4+. The molecule has 8 nitrogen and oxygen atoms in total. The fourth-order valence-corrected chi connectivity index (χ4v) is 7.33. The topological polar surface area (TPSA) is 119 Å². The van der Waals surface area contributed by atoms with Crippen LogP contribution in [0.1, 0.15) is 17.8 Å². The molecule has 0 saturated heterocycles. The molecule has 1 aromatic heterocycles. The number of nitrogens with zero attached hydrogens (tertiary/aromatic N) is 2. The summed E-state index contributed by atoms with van der Waals surface area (Å²) in [6.45, 7) is 0.629. The summed E-state index contributed by atoms with van der Waals surface area (Å²) in [5.41, 5.74) is 1.65. The predicted octanol–water partition coefficient (Wildman–Crippen LogP) is 1.62. The molecule has 0 radical (unpaired) electrons. The van der Waals surface area contributed by atoms with Crippen LogP contribution in [0.15, 0.2) is 46.3 Å². The summed E-state index contributed by atoms with van der Waals surface area (Å²) < 4.78 is 67.9. The summed E-state index contributed by atoms with van der Waals surface area (Å²) in [4.78, 5) is 2.89. The molecule has 0 fully saturated rings. The second-order valence-corrected chi connectivity index (χ2v) is 13.9. The third-order valence-electron chi connectivity index (χ3n) is 5.19. The molecule has 0 atom stereocenters. The maximum atomic E-state index is 11.2. The third-order valence-corrected chi connectivity index (χ3v) is 9.48. The van der Waals surface area contributed by atoms with Crippen molar-refractivity contribution in [3.05, 3.63) is 56.5 Å². The Morgan fingerprint density at radius 3 is 2.42 bits per heavy atom. The minimum absolute atomic E-state index is 0. The summed E-state index contributed by atoms with van der Waals surface area (Å²) in [6, 6.07) is 10.9. The molecule has 15 heteroatoms. The van der Waals surface area contributed by atoms with E-state index in [4.69, 9.17) is 27.8 Å². The molecule has 188 valence electrons. The van der Waals surface area contributed by atoms with Crippen molar-refractivity contribution in [2.75, 3.05) is 23.0 Å². The van der Waals surface area contributed by atoms with Gasteiger partial charge in [0, 0.05) is 39.7 Å². The summed E-state index contributed by atoms with van der Waals surface area (Å²) in [7, 11) is -8.44. The molecule has 0 amide bonds. The first-order valence-electron chi connectivity index (χ1n) is 10.4. The van der Waals surface area contributed by atoms with Crippen LogP contribution in [0, 0.1) is 0 Å². The van der Waals surface area contributed by atoms with E-state index in [9.17, 15) is 21.4 Å². The van der Waals surface area contributed by atoms with Crippen molar-refractivity contribution in [1.82, 2.24) is 0 Å². The molecule has 0 spiro atoms. The Bertz CT molecular complexity index is 1530. The van der Waals surface area contributed by atoms with Gasteiger partial charge in [-0.1, -0.05) is 46.3 Å². The molecule has 1 aliphatic heterocycles. The molecule has 0 saturated carbocycles. The van der Waals surface area contributed by atoms with Crippen LogP contribution in [0.4, 0.5) is 5.69 Å². The second-order valence-electron chi connectivity index (χ2n) is 7.81. The van der Waals surface area contributed by atoms with E-state index >= 15 is 0 Å². The normalized spacial score (nSPS) is 14.9. The maximum Gasteiger partial charge on any atom is 1.00 e. The van der Waals surface area contributed by atoms with Gasteiger partial charge in [-0.3, -0.25) is 4.55 Å². The molecule has 0 bridgehead atoms. The molecular weight excluding hydrogens is 598 g/mol. The minimum Gasteiger partial charge on any atom is -0.748 e. The van der Waals surface area contributed by atoms with E-state index in [-0.39, 0.29) is 48.2 Å². The van der Waals surface area contributed by atoms with Crippen LogP contribution < -0.4 is 39.0 Å². The fourth-order valence-electron chi connectivity index (χ4n) is 3.73. The first-order valence-corrected chi connectivity index (χ1v) is 15.9. The van der Waals surface area contributed by atoms with Crippen LogP contribution in [0.3, 0.4) is 0 Å². The standard InChI is InChI=1S/C21H20Cl2N2O6S4.Na/c22-14-3-5-18-16(11-14)24(7-1-9-34(26,27)28)20(32-18)13-21-25(8-2-10-35(29,30)31)17-12-15(23)4-6-19(17)33-21;/h3-6,11-13H,1-2,7-10H2,(H-,26,27,28,29,30,31);/q;+1. The first-order chi connectivity index (χ1) is 16.4. The van der Waals surface area contributed by atoms with Crippen molar-refractivity contribution in [2.45, 2.75) is 24.3 Å². The zero-order chi connectivity index (χ0) is 25.4. The predicted molar refractivity (Wildman–Crippen MR) is 140 cm³/mol. The van der Waals surface area contributed by atoms with Gasteiger partial charge in [0.05, 0.1) is 32.7 Å². The maximum absolute atomic E-state index is 11.2. The quantitative estimate of drug-likeness (QED) is 0.219. The van der Waals surface area contributed by atoms with Gasteiger partial charge >= 0.3 is 29.6 Å². The van der Waals surface area contributed by atoms with E-state index in [2.05, 4.69) is 0 Å². The Labute approximate surface area is 250 Å². The number of benzene rings is 2. The van der Waals surface area contributed by atoms with Crippen LogP contribution in [0.2, 0.25) is 10.0 Å². The molecule has 4 rings (SSSR count). The Kier molecular flexibility index (Phi) is 10.2. The van der Waals surface area contributed by atoms with E-state index in [1.165, 1.54) is 23.1 Å². The van der Waals surface area contributed by atoms with Crippen LogP contribution in [0.5, 0.6) is 0 Å². The number of thiazole rings is 1. The van der Waals surface area contributed by atoms with Crippen LogP contribution in [-0.4, -0.2) is 44.0 Å².